The second-order valence-corrected chi connectivity index (χ2v) is 10.8. The zero-order valence-electron chi connectivity index (χ0n) is 21.5. The van der Waals surface area contributed by atoms with Gasteiger partial charge in [0.2, 0.25) is 0 Å². The fraction of sp³-hybridized carbons (Fsp3) is 0.414. The molecule has 2 fully saturated rings. The van der Waals surface area contributed by atoms with Crippen molar-refractivity contribution in [2.75, 3.05) is 31.1 Å². The summed E-state index contributed by atoms with van der Waals surface area (Å²) in [7, 11) is 0. The molecule has 0 atom stereocenters. The Labute approximate surface area is 226 Å². The Balaban J connectivity index is 1.32. The lowest BCUT2D eigenvalue weighted by Gasteiger charge is -2.32. The molecule has 2 aromatic carbocycles. The molecule has 0 saturated carbocycles. The van der Waals surface area contributed by atoms with Gasteiger partial charge in [0.15, 0.2) is 11.4 Å². The van der Waals surface area contributed by atoms with Crippen molar-refractivity contribution in [3.8, 4) is 23.1 Å². The highest BCUT2D eigenvalue weighted by Gasteiger charge is 2.26. The summed E-state index contributed by atoms with van der Waals surface area (Å²) in [6.07, 6.45) is 2.21. The van der Waals surface area contributed by atoms with Gasteiger partial charge >= 0.3 is 0 Å². The molecule has 38 heavy (non-hydrogen) atoms. The van der Waals surface area contributed by atoms with Gasteiger partial charge in [0, 0.05) is 54.2 Å². The number of anilines is 1. The van der Waals surface area contributed by atoms with Gasteiger partial charge in [-0.1, -0.05) is 18.2 Å². The number of aliphatic hydroxyl groups is 2. The highest BCUT2D eigenvalue weighted by atomic mass is 32.1. The van der Waals surface area contributed by atoms with Gasteiger partial charge in [-0.2, -0.15) is 5.26 Å². The lowest BCUT2D eigenvalue weighted by Crippen LogP contribution is -2.37. The summed E-state index contributed by atoms with van der Waals surface area (Å²) in [5, 5.41) is 31.6. The summed E-state index contributed by atoms with van der Waals surface area (Å²) < 4.78 is 6.30. The van der Waals surface area contributed by atoms with Gasteiger partial charge < -0.3 is 24.7 Å². The van der Waals surface area contributed by atoms with Crippen LogP contribution in [-0.4, -0.2) is 58.5 Å². The van der Waals surface area contributed by atoms with Crippen LogP contribution in [0.2, 0.25) is 0 Å². The smallest absolute Gasteiger partial charge is 0.253 e. The van der Waals surface area contributed by atoms with Crippen LogP contribution < -0.4 is 9.64 Å². The first kappa shape index (κ1) is 26.2. The number of nitrogens with zero attached hydrogens (tertiary/aromatic N) is 4. The lowest BCUT2D eigenvalue weighted by atomic mass is 9.97. The molecular weight excluding hydrogens is 500 g/mol. The average molecular weight is 533 g/mol. The molecule has 9 heteroatoms. The van der Waals surface area contributed by atoms with Crippen LogP contribution in [0.4, 0.5) is 5.13 Å². The molecule has 3 heterocycles. The molecule has 2 aliphatic rings. The van der Waals surface area contributed by atoms with Crippen molar-refractivity contribution in [3.05, 3.63) is 64.0 Å². The first-order valence-electron chi connectivity index (χ1n) is 13.1. The van der Waals surface area contributed by atoms with Gasteiger partial charge in [0.05, 0.1) is 17.3 Å². The molecule has 2 N–H and O–H groups in total. The van der Waals surface area contributed by atoms with E-state index in [0.29, 0.717) is 16.9 Å². The van der Waals surface area contributed by atoms with Gasteiger partial charge in [-0.25, -0.2) is 4.98 Å². The molecule has 0 bridgehead atoms. The third-order valence-corrected chi connectivity index (χ3v) is 8.36. The van der Waals surface area contributed by atoms with Crippen molar-refractivity contribution in [1.82, 2.24) is 9.88 Å². The van der Waals surface area contributed by atoms with E-state index in [1.807, 2.05) is 41.5 Å². The number of aliphatic hydroxyl groups excluding tert-OH is 1. The Kier molecular flexibility index (Phi) is 7.93. The Morgan fingerprint density at radius 1 is 1.18 bits per heavy atom. The van der Waals surface area contributed by atoms with Crippen molar-refractivity contribution in [2.24, 2.45) is 5.92 Å². The number of nitriles is 1. The van der Waals surface area contributed by atoms with E-state index in [1.54, 1.807) is 23.5 Å². The summed E-state index contributed by atoms with van der Waals surface area (Å²) in [4.78, 5) is 21.7. The summed E-state index contributed by atoms with van der Waals surface area (Å²) >= 11 is 1.57. The van der Waals surface area contributed by atoms with Gasteiger partial charge in [0.25, 0.3) is 5.91 Å². The monoisotopic (exact) mass is 532 g/mol. The zero-order chi connectivity index (χ0) is 26.6. The number of piperidine rings is 1. The van der Waals surface area contributed by atoms with E-state index in [0.717, 1.165) is 79.4 Å². The van der Waals surface area contributed by atoms with Crippen molar-refractivity contribution >= 4 is 22.4 Å². The second kappa shape index (κ2) is 11.5. The molecule has 1 aromatic heterocycles. The van der Waals surface area contributed by atoms with Gasteiger partial charge in [0.1, 0.15) is 12.4 Å². The number of thiazole rings is 1. The SMILES string of the molecule is Cc1cccc(-c2csc(N3CCC(C(O)O)CC3)n2)c1OCc1ccc(C(=O)N2CCCC2)cc1C#N. The summed E-state index contributed by atoms with van der Waals surface area (Å²) in [6.45, 7) is 5.19. The number of para-hydroxylation sites is 1. The Morgan fingerprint density at radius 2 is 1.95 bits per heavy atom. The molecule has 0 spiro atoms. The van der Waals surface area contributed by atoms with Crippen LogP contribution in [0.5, 0.6) is 5.75 Å². The summed E-state index contributed by atoms with van der Waals surface area (Å²) in [5.74, 6) is 0.601. The first-order valence-corrected chi connectivity index (χ1v) is 13.9. The van der Waals surface area contributed by atoms with Crippen molar-refractivity contribution in [2.45, 2.75) is 45.5 Å². The zero-order valence-corrected chi connectivity index (χ0v) is 22.3. The normalized spacial score (nSPS) is 16.2. The van der Waals surface area contributed by atoms with E-state index in [1.165, 1.54) is 0 Å². The first-order chi connectivity index (χ1) is 18.4. The number of amides is 1. The highest BCUT2D eigenvalue weighted by molar-refractivity contribution is 7.14. The maximum atomic E-state index is 12.8. The summed E-state index contributed by atoms with van der Waals surface area (Å²) in [6, 6.07) is 13.4. The van der Waals surface area contributed by atoms with Crippen molar-refractivity contribution < 1.29 is 19.7 Å². The highest BCUT2D eigenvalue weighted by Crippen LogP contribution is 2.37. The number of likely N-dealkylation sites (tertiary alicyclic amines) is 1. The van der Waals surface area contributed by atoms with Crippen LogP contribution in [0.1, 0.15) is 52.7 Å². The van der Waals surface area contributed by atoms with Gasteiger partial charge in [-0.05, 0) is 56.4 Å². The number of rotatable bonds is 7. The molecule has 0 radical (unpaired) electrons. The predicted octanol–water partition coefficient (Wildman–Crippen LogP) is 4.33. The van der Waals surface area contributed by atoms with E-state index < -0.39 is 6.29 Å². The van der Waals surface area contributed by atoms with E-state index in [4.69, 9.17) is 9.72 Å². The van der Waals surface area contributed by atoms with Gasteiger partial charge in [-0.3, -0.25) is 4.79 Å². The molecule has 8 nitrogen and oxygen atoms in total. The number of hydrogen-bond donors (Lipinski definition) is 2. The lowest BCUT2D eigenvalue weighted by molar-refractivity contribution is -0.0893. The Morgan fingerprint density at radius 3 is 2.66 bits per heavy atom. The van der Waals surface area contributed by atoms with Crippen LogP contribution in [-0.2, 0) is 6.61 Å². The quantitative estimate of drug-likeness (QED) is 0.436. The molecule has 1 amide bonds. The maximum Gasteiger partial charge on any atom is 0.253 e. The predicted molar refractivity (Wildman–Crippen MR) is 146 cm³/mol. The molecule has 5 rings (SSSR count). The molecule has 0 unspecified atom stereocenters. The van der Waals surface area contributed by atoms with Crippen LogP contribution in [0, 0.1) is 24.2 Å². The number of hydrogen-bond acceptors (Lipinski definition) is 8. The van der Waals surface area contributed by atoms with E-state index in [-0.39, 0.29) is 18.4 Å². The van der Waals surface area contributed by atoms with Crippen LogP contribution in [0.25, 0.3) is 11.3 Å². The minimum atomic E-state index is -1.26. The van der Waals surface area contributed by atoms with E-state index >= 15 is 0 Å². The minimum absolute atomic E-state index is 0.0243. The molecule has 198 valence electrons. The maximum absolute atomic E-state index is 12.8. The molecule has 3 aromatic rings. The fourth-order valence-corrected chi connectivity index (χ4v) is 6.04. The largest absolute Gasteiger partial charge is 0.488 e. The number of benzene rings is 2. The topological polar surface area (TPSA) is 110 Å². The third-order valence-electron chi connectivity index (χ3n) is 7.45. The van der Waals surface area contributed by atoms with Crippen molar-refractivity contribution in [1.29, 1.82) is 5.26 Å². The number of carbonyl (C=O) groups is 1. The molecular formula is C29H32N4O4S. The van der Waals surface area contributed by atoms with Crippen LogP contribution in [0.15, 0.2) is 41.8 Å². The standard InChI is InChI=1S/C29H32N4O4S/c1-19-5-4-6-24(25-18-38-29(31-25)33-13-9-20(10-14-33)28(35)36)26(19)37-17-22-8-7-21(15-23(22)16-30)27(34)32-11-2-3-12-32/h4-8,15,18,20,28,35-36H,2-3,9-14,17H2,1H3. The number of aromatic nitrogens is 1. The molecule has 2 aliphatic heterocycles. The molecule has 2 saturated heterocycles. The average Bonchev–Trinajstić information content (AvgIpc) is 3.65. The molecule has 0 aliphatic carbocycles. The Bertz CT molecular complexity index is 1330. The van der Waals surface area contributed by atoms with Crippen LogP contribution >= 0.6 is 11.3 Å². The van der Waals surface area contributed by atoms with E-state index in [9.17, 15) is 20.3 Å². The second-order valence-electron chi connectivity index (χ2n) is 9.98. The van der Waals surface area contributed by atoms with E-state index in [2.05, 4.69) is 11.0 Å². The number of aryl methyl sites for hydroxylation is 1. The summed E-state index contributed by atoms with van der Waals surface area (Å²) in [5.41, 5.74) is 4.38. The van der Waals surface area contributed by atoms with Crippen molar-refractivity contribution in [3.63, 3.8) is 0 Å². The van der Waals surface area contributed by atoms with Crippen LogP contribution in [0.3, 0.4) is 0 Å². The minimum Gasteiger partial charge on any atom is -0.488 e. The van der Waals surface area contributed by atoms with Gasteiger partial charge in [-0.15, -0.1) is 11.3 Å². The number of carbonyl (C=O) groups excluding carboxylic acids is 1. The third kappa shape index (κ3) is 5.53. The fourth-order valence-electron chi connectivity index (χ4n) is 5.16. The Hall–Kier alpha value is -3.45. The number of ether oxygens (including phenoxy) is 1.